The monoisotopic (exact) mass is 137 g/mol. The predicted octanol–water partition coefficient (Wildman–Crippen LogP) is 2.73. The van der Waals surface area contributed by atoms with Crippen molar-refractivity contribution in [3.05, 3.63) is 0 Å². The molecule has 0 heterocycles. The minimum absolute atomic E-state index is 0.759. The average Bonchev–Trinajstić information content (AvgIpc) is 2.31. The van der Waals surface area contributed by atoms with Crippen LogP contribution in [0.4, 0.5) is 0 Å². The molecule has 1 aliphatic carbocycles. The zero-order valence-electron chi connectivity index (χ0n) is 6.64. The van der Waals surface area contributed by atoms with Crippen LogP contribution in [0, 0.1) is 23.2 Å². The van der Waals surface area contributed by atoms with E-state index in [1.807, 2.05) is 0 Å². The number of hydrogen-bond acceptors (Lipinski definition) is 1. The van der Waals surface area contributed by atoms with Crippen LogP contribution in [0.1, 0.15) is 39.0 Å². The van der Waals surface area contributed by atoms with E-state index in [-0.39, 0.29) is 0 Å². The van der Waals surface area contributed by atoms with E-state index in [1.165, 1.54) is 19.3 Å². The minimum atomic E-state index is 0.759. The van der Waals surface area contributed by atoms with Gasteiger partial charge >= 0.3 is 0 Å². The molecule has 0 aromatic heterocycles. The largest absolute Gasteiger partial charge is 0.198 e. The molecule has 10 heavy (non-hydrogen) atoms. The van der Waals surface area contributed by atoms with Crippen molar-refractivity contribution < 1.29 is 0 Å². The van der Waals surface area contributed by atoms with Crippen molar-refractivity contribution in [2.45, 2.75) is 39.0 Å². The van der Waals surface area contributed by atoms with Crippen LogP contribution < -0.4 is 0 Å². The Balaban J connectivity index is 2.21. The van der Waals surface area contributed by atoms with Gasteiger partial charge in [-0.15, -0.1) is 0 Å². The van der Waals surface area contributed by atoms with Gasteiger partial charge in [0.2, 0.25) is 0 Å². The Morgan fingerprint density at radius 2 is 2.30 bits per heavy atom. The third-order valence-electron chi connectivity index (χ3n) is 2.67. The highest BCUT2D eigenvalue weighted by Gasteiger charge is 2.22. The van der Waals surface area contributed by atoms with E-state index in [2.05, 4.69) is 13.0 Å². The maximum atomic E-state index is 8.36. The molecule has 0 bridgehead atoms. The van der Waals surface area contributed by atoms with Crippen molar-refractivity contribution in [1.82, 2.24) is 0 Å². The van der Waals surface area contributed by atoms with Crippen molar-refractivity contribution in [3.8, 4) is 6.07 Å². The molecule has 0 aromatic rings. The lowest BCUT2D eigenvalue weighted by Crippen LogP contribution is -2.02. The molecule has 0 radical (unpaired) electrons. The number of nitrogens with zero attached hydrogens (tertiary/aromatic N) is 1. The molecule has 1 aliphatic rings. The summed E-state index contributed by atoms with van der Waals surface area (Å²) in [6.45, 7) is 2.31. The molecule has 1 nitrogen and oxygen atoms in total. The molecular formula is C9H15N. The fourth-order valence-corrected chi connectivity index (χ4v) is 1.90. The molecule has 1 fully saturated rings. The molecule has 2 unspecified atom stereocenters. The van der Waals surface area contributed by atoms with Crippen LogP contribution in [-0.2, 0) is 0 Å². The van der Waals surface area contributed by atoms with E-state index >= 15 is 0 Å². The summed E-state index contributed by atoms with van der Waals surface area (Å²) < 4.78 is 0. The molecule has 0 aromatic carbocycles. The van der Waals surface area contributed by atoms with Crippen molar-refractivity contribution in [1.29, 1.82) is 5.26 Å². The summed E-state index contributed by atoms with van der Waals surface area (Å²) in [5.41, 5.74) is 0. The first-order valence-corrected chi connectivity index (χ1v) is 4.21. The molecule has 1 rings (SSSR count). The summed E-state index contributed by atoms with van der Waals surface area (Å²) in [6, 6.07) is 2.22. The highest BCUT2D eigenvalue weighted by atomic mass is 14.3. The van der Waals surface area contributed by atoms with Crippen molar-refractivity contribution in [3.63, 3.8) is 0 Å². The second kappa shape index (κ2) is 3.61. The quantitative estimate of drug-likeness (QED) is 0.574. The summed E-state index contributed by atoms with van der Waals surface area (Å²) >= 11 is 0. The van der Waals surface area contributed by atoms with Crippen LogP contribution in [0.25, 0.3) is 0 Å². The van der Waals surface area contributed by atoms with Gasteiger partial charge in [-0.05, 0) is 18.3 Å². The summed E-state index contributed by atoms with van der Waals surface area (Å²) in [5.74, 6) is 1.74. The van der Waals surface area contributed by atoms with E-state index in [0.29, 0.717) is 0 Å². The maximum absolute atomic E-state index is 8.36. The lowest BCUT2D eigenvalue weighted by Gasteiger charge is -2.11. The van der Waals surface area contributed by atoms with E-state index in [4.69, 9.17) is 5.26 Å². The summed E-state index contributed by atoms with van der Waals surface area (Å²) in [4.78, 5) is 0. The smallest absolute Gasteiger partial charge is 0.0621 e. The van der Waals surface area contributed by atoms with Crippen molar-refractivity contribution >= 4 is 0 Å². The highest BCUT2D eigenvalue weighted by molar-refractivity contribution is 4.78. The molecule has 1 heteroatoms. The Kier molecular flexibility index (Phi) is 2.74. The van der Waals surface area contributed by atoms with Gasteiger partial charge in [-0.25, -0.2) is 0 Å². The van der Waals surface area contributed by atoms with E-state index < -0.39 is 0 Å². The zero-order chi connectivity index (χ0) is 7.40. The Morgan fingerprint density at radius 3 is 2.80 bits per heavy atom. The minimum Gasteiger partial charge on any atom is -0.198 e. The van der Waals surface area contributed by atoms with Gasteiger partial charge in [0.05, 0.1) is 6.07 Å². The molecule has 0 spiro atoms. The van der Waals surface area contributed by atoms with E-state index in [0.717, 1.165) is 24.7 Å². The van der Waals surface area contributed by atoms with Gasteiger partial charge in [-0.1, -0.05) is 26.2 Å². The summed E-state index contributed by atoms with van der Waals surface area (Å²) in [6.07, 6.45) is 6.03. The van der Waals surface area contributed by atoms with Gasteiger partial charge < -0.3 is 0 Å². The van der Waals surface area contributed by atoms with Gasteiger partial charge in [0.25, 0.3) is 0 Å². The van der Waals surface area contributed by atoms with Crippen molar-refractivity contribution in [2.24, 2.45) is 11.8 Å². The van der Waals surface area contributed by atoms with Crippen LogP contribution in [-0.4, -0.2) is 0 Å². The summed E-state index contributed by atoms with van der Waals surface area (Å²) in [7, 11) is 0. The first-order valence-electron chi connectivity index (χ1n) is 4.21. The van der Waals surface area contributed by atoms with Gasteiger partial charge in [-0.3, -0.25) is 0 Å². The molecule has 0 N–H and O–H groups in total. The highest BCUT2D eigenvalue weighted by Crippen LogP contribution is 2.33. The number of hydrogen-bond donors (Lipinski definition) is 0. The second-order valence-corrected chi connectivity index (χ2v) is 3.37. The lowest BCUT2D eigenvalue weighted by molar-refractivity contribution is 0.396. The Hall–Kier alpha value is -0.510. The molecular weight excluding hydrogens is 122 g/mol. The predicted molar refractivity (Wildman–Crippen MR) is 41.4 cm³/mol. The lowest BCUT2D eigenvalue weighted by atomic mass is 9.94. The van der Waals surface area contributed by atoms with Crippen molar-refractivity contribution in [2.75, 3.05) is 0 Å². The third-order valence-corrected chi connectivity index (χ3v) is 2.67. The fourth-order valence-electron chi connectivity index (χ4n) is 1.90. The van der Waals surface area contributed by atoms with E-state index in [1.54, 1.807) is 0 Å². The fraction of sp³-hybridized carbons (Fsp3) is 0.889. The van der Waals surface area contributed by atoms with E-state index in [9.17, 15) is 0 Å². The topological polar surface area (TPSA) is 23.8 Å². The zero-order valence-corrected chi connectivity index (χ0v) is 6.64. The van der Waals surface area contributed by atoms with Gasteiger partial charge in [0.15, 0.2) is 0 Å². The Morgan fingerprint density at radius 1 is 1.50 bits per heavy atom. The Labute approximate surface area is 63.0 Å². The maximum Gasteiger partial charge on any atom is 0.0621 e. The van der Waals surface area contributed by atoms with Crippen LogP contribution >= 0.6 is 0 Å². The molecule has 0 aliphatic heterocycles. The molecule has 0 amide bonds. The van der Waals surface area contributed by atoms with Crippen LogP contribution in [0.5, 0.6) is 0 Å². The Bertz CT molecular complexity index is 134. The normalized spacial score (nSPS) is 32.0. The SMILES string of the molecule is CC1CCCC1CCC#N. The van der Waals surface area contributed by atoms with Crippen LogP contribution in [0.15, 0.2) is 0 Å². The summed E-state index contributed by atoms with van der Waals surface area (Å²) in [5, 5.41) is 8.36. The molecule has 1 saturated carbocycles. The molecule has 56 valence electrons. The van der Waals surface area contributed by atoms with Crippen LogP contribution in [0.3, 0.4) is 0 Å². The van der Waals surface area contributed by atoms with Gasteiger partial charge in [0.1, 0.15) is 0 Å². The number of nitriles is 1. The van der Waals surface area contributed by atoms with Gasteiger partial charge in [0, 0.05) is 6.42 Å². The molecule has 0 saturated heterocycles. The third kappa shape index (κ3) is 1.73. The standard InChI is InChI=1S/C9H15N/c1-8-4-2-5-9(8)6-3-7-10/h8-9H,2-6H2,1H3. The molecule has 2 atom stereocenters. The first-order chi connectivity index (χ1) is 4.84. The number of rotatable bonds is 2. The second-order valence-electron chi connectivity index (χ2n) is 3.37. The van der Waals surface area contributed by atoms with Crippen LogP contribution in [0.2, 0.25) is 0 Å². The first kappa shape index (κ1) is 7.60. The average molecular weight is 137 g/mol. The van der Waals surface area contributed by atoms with Gasteiger partial charge in [-0.2, -0.15) is 5.26 Å².